The normalized spacial score (nSPS) is 10.6. The highest BCUT2D eigenvalue weighted by Crippen LogP contribution is 2.19. The third-order valence-corrected chi connectivity index (χ3v) is 3.27. The molecule has 1 nitrogen and oxygen atoms in total. The minimum Gasteiger partial charge on any atom is -0.316 e. The molecule has 3 heteroatoms. The molecule has 0 radical (unpaired) electrons. The number of rotatable bonds is 4. The molecule has 0 fully saturated rings. The van der Waals surface area contributed by atoms with Crippen LogP contribution in [-0.2, 0) is 13.0 Å². The smallest absolute Gasteiger partial charge is 0.126 e. The second-order valence-corrected chi connectivity index (χ2v) is 5.18. The second-order valence-electron chi connectivity index (χ2n) is 4.26. The molecule has 0 atom stereocenters. The first-order valence-electron chi connectivity index (χ1n) is 5.85. The lowest BCUT2D eigenvalue weighted by atomic mass is 10.0. The zero-order valence-electron chi connectivity index (χ0n) is 10.2. The van der Waals surface area contributed by atoms with Gasteiger partial charge < -0.3 is 5.32 Å². The Morgan fingerprint density at radius 3 is 2.67 bits per heavy atom. The highest BCUT2D eigenvalue weighted by Gasteiger charge is 2.04. The van der Waals surface area contributed by atoms with Gasteiger partial charge in [0, 0.05) is 17.4 Å². The second kappa shape index (κ2) is 6.12. The van der Waals surface area contributed by atoms with Crippen LogP contribution in [0.2, 0.25) is 0 Å². The molecule has 0 saturated carbocycles. The van der Waals surface area contributed by atoms with Crippen LogP contribution in [0.5, 0.6) is 0 Å². The minimum atomic E-state index is -0.155. The first-order chi connectivity index (χ1) is 8.69. The van der Waals surface area contributed by atoms with Crippen molar-refractivity contribution in [1.82, 2.24) is 5.32 Å². The Morgan fingerprint density at radius 1 is 1.11 bits per heavy atom. The van der Waals surface area contributed by atoms with Gasteiger partial charge in [-0.15, -0.1) is 0 Å². The lowest BCUT2D eigenvalue weighted by Crippen LogP contribution is -2.05. The first kappa shape index (κ1) is 13.2. The van der Waals surface area contributed by atoms with Crippen LogP contribution in [0.25, 0.3) is 0 Å². The number of hydrogen-bond acceptors (Lipinski definition) is 1. The molecule has 0 heterocycles. The molecule has 0 aliphatic heterocycles. The van der Waals surface area contributed by atoms with E-state index in [9.17, 15) is 4.39 Å². The van der Waals surface area contributed by atoms with Crippen LogP contribution in [-0.4, -0.2) is 7.05 Å². The highest BCUT2D eigenvalue weighted by atomic mass is 79.9. The zero-order chi connectivity index (χ0) is 13.0. The molecule has 2 aromatic rings. The van der Waals surface area contributed by atoms with Crippen LogP contribution in [0.15, 0.2) is 46.9 Å². The van der Waals surface area contributed by atoms with Crippen LogP contribution in [0.3, 0.4) is 0 Å². The maximum absolute atomic E-state index is 13.7. The Hall–Kier alpha value is -1.19. The predicted octanol–water partition coefficient (Wildman–Crippen LogP) is 3.90. The van der Waals surface area contributed by atoms with Gasteiger partial charge in [-0.2, -0.15) is 0 Å². The third kappa shape index (κ3) is 3.40. The van der Waals surface area contributed by atoms with E-state index < -0.39 is 0 Å². The van der Waals surface area contributed by atoms with E-state index in [1.54, 1.807) is 6.07 Å². The van der Waals surface area contributed by atoms with Gasteiger partial charge in [-0.25, -0.2) is 4.39 Å². The van der Waals surface area contributed by atoms with E-state index in [0.29, 0.717) is 12.0 Å². The average molecular weight is 308 g/mol. The minimum absolute atomic E-state index is 0.155. The van der Waals surface area contributed by atoms with Crippen molar-refractivity contribution in [2.45, 2.75) is 13.0 Å². The van der Waals surface area contributed by atoms with Crippen LogP contribution < -0.4 is 5.32 Å². The van der Waals surface area contributed by atoms with E-state index in [1.807, 2.05) is 25.2 Å². The zero-order valence-corrected chi connectivity index (χ0v) is 11.8. The SMILES string of the molecule is CNCc1cccc(Cc2cc(Br)ccc2F)c1. The molecule has 2 rings (SSSR count). The van der Waals surface area contributed by atoms with Crippen molar-refractivity contribution in [2.24, 2.45) is 0 Å². The molecule has 0 saturated heterocycles. The maximum atomic E-state index is 13.7. The van der Waals surface area contributed by atoms with Crippen molar-refractivity contribution in [2.75, 3.05) is 7.05 Å². The van der Waals surface area contributed by atoms with Crippen molar-refractivity contribution in [3.63, 3.8) is 0 Å². The lowest BCUT2D eigenvalue weighted by molar-refractivity contribution is 0.613. The summed E-state index contributed by atoms with van der Waals surface area (Å²) < 4.78 is 14.6. The van der Waals surface area contributed by atoms with Crippen LogP contribution >= 0.6 is 15.9 Å². The van der Waals surface area contributed by atoms with E-state index in [-0.39, 0.29) is 5.82 Å². The first-order valence-corrected chi connectivity index (χ1v) is 6.64. The summed E-state index contributed by atoms with van der Waals surface area (Å²) in [6.45, 7) is 0.828. The largest absolute Gasteiger partial charge is 0.316 e. The molecule has 0 unspecified atom stereocenters. The number of nitrogens with one attached hydrogen (secondary N) is 1. The van der Waals surface area contributed by atoms with Gasteiger partial charge in [-0.1, -0.05) is 40.2 Å². The van der Waals surface area contributed by atoms with Gasteiger partial charge in [0.2, 0.25) is 0 Å². The fourth-order valence-electron chi connectivity index (χ4n) is 1.95. The molecule has 0 amide bonds. The summed E-state index contributed by atoms with van der Waals surface area (Å²) in [5.74, 6) is -0.155. The third-order valence-electron chi connectivity index (χ3n) is 2.77. The fraction of sp³-hybridized carbons (Fsp3) is 0.200. The van der Waals surface area contributed by atoms with E-state index in [1.165, 1.54) is 11.6 Å². The average Bonchev–Trinajstić information content (AvgIpc) is 2.35. The molecule has 0 spiro atoms. The van der Waals surface area contributed by atoms with E-state index in [4.69, 9.17) is 0 Å². The summed E-state index contributed by atoms with van der Waals surface area (Å²) >= 11 is 3.37. The van der Waals surface area contributed by atoms with Crippen molar-refractivity contribution < 1.29 is 4.39 Å². The lowest BCUT2D eigenvalue weighted by Gasteiger charge is -2.07. The van der Waals surface area contributed by atoms with Gasteiger partial charge in [0.25, 0.3) is 0 Å². The number of benzene rings is 2. The van der Waals surface area contributed by atoms with Crippen LogP contribution in [0.4, 0.5) is 4.39 Å². The van der Waals surface area contributed by atoms with Gasteiger partial charge >= 0.3 is 0 Å². The predicted molar refractivity (Wildman–Crippen MR) is 76.1 cm³/mol. The highest BCUT2D eigenvalue weighted by molar-refractivity contribution is 9.10. The molecule has 94 valence electrons. The summed E-state index contributed by atoms with van der Waals surface area (Å²) in [6, 6.07) is 13.3. The van der Waals surface area contributed by atoms with Crippen molar-refractivity contribution >= 4 is 15.9 Å². The molecular formula is C15H15BrFN. The molecule has 0 aromatic heterocycles. The molecule has 0 bridgehead atoms. The Kier molecular flexibility index (Phi) is 4.50. The maximum Gasteiger partial charge on any atom is 0.126 e. The Bertz CT molecular complexity index is 540. The molecule has 1 N–H and O–H groups in total. The molecule has 18 heavy (non-hydrogen) atoms. The van der Waals surface area contributed by atoms with Gasteiger partial charge in [0.05, 0.1) is 0 Å². The van der Waals surface area contributed by atoms with Crippen molar-refractivity contribution in [3.05, 3.63) is 69.4 Å². The van der Waals surface area contributed by atoms with Crippen molar-refractivity contribution in [1.29, 1.82) is 0 Å². The Balaban J connectivity index is 2.22. The van der Waals surface area contributed by atoms with Gasteiger partial charge in [0.1, 0.15) is 5.82 Å². The van der Waals surface area contributed by atoms with Crippen molar-refractivity contribution in [3.8, 4) is 0 Å². The summed E-state index contributed by atoms with van der Waals surface area (Å²) in [7, 11) is 1.92. The van der Waals surface area contributed by atoms with Gasteiger partial charge in [-0.05, 0) is 41.9 Å². The van der Waals surface area contributed by atoms with E-state index in [0.717, 1.165) is 16.6 Å². The molecule has 0 aliphatic carbocycles. The number of hydrogen-bond donors (Lipinski definition) is 1. The van der Waals surface area contributed by atoms with Crippen LogP contribution in [0.1, 0.15) is 16.7 Å². The van der Waals surface area contributed by atoms with Crippen LogP contribution in [0, 0.1) is 5.82 Å². The summed E-state index contributed by atoms with van der Waals surface area (Å²) in [5, 5.41) is 3.11. The van der Waals surface area contributed by atoms with E-state index >= 15 is 0 Å². The summed E-state index contributed by atoms with van der Waals surface area (Å²) in [5.41, 5.74) is 3.05. The Labute approximate surface area is 115 Å². The van der Waals surface area contributed by atoms with E-state index in [2.05, 4.69) is 33.4 Å². The molecule has 2 aromatic carbocycles. The summed E-state index contributed by atoms with van der Waals surface area (Å²) in [6.07, 6.45) is 0.614. The standard InChI is InChI=1S/C15H15BrFN/c1-18-10-12-4-2-3-11(7-12)8-13-9-14(16)5-6-15(13)17/h2-7,9,18H,8,10H2,1H3. The van der Waals surface area contributed by atoms with Gasteiger partial charge in [0.15, 0.2) is 0 Å². The number of halogens is 2. The molecule has 0 aliphatic rings. The summed E-state index contributed by atoms with van der Waals surface area (Å²) in [4.78, 5) is 0. The molecular weight excluding hydrogens is 293 g/mol. The monoisotopic (exact) mass is 307 g/mol. The topological polar surface area (TPSA) is 12.0 Å². The fourth-order valence-corrected chi connectivity index (χ4v) is 2.36. The van der Waals surface area contributed by atoms with Gasteiger partial charge in [-0.3, -0.25) is 0 Å². The Morgan fingerprint density at radius 2 is 1.89 bits per heavy atom. The quantitative estimate of drug-likeness (QED) is 0.903.